The van der Waals surface area contributed by atoms with Crippen molar-refractivity contribution in [3.8, 4) is 17.0 Å². The maximum Gasteiger partial charge on any atom is 0.422 e. The highest BCUT2D eigenvalue weighted by Gasteiger charge is 2.37. The Labute approximate surface area is 188 Å². The topological polar surface area (TPSA) is 73.1 Å². The quantitative estimate of drug-likeness (QED) is 0.489. The highest BCUT2D eigenvalue weighted by molar-refractivity contribution is 6.22. The molecule has 0 unspecified atom stereocenters. The van der Waals surface area contributed by atoms with Crippen molar-refractivity contribution >= 4 is 17.3 Å². The minimum Gasteiger partial charge on any atom is -0.482 e. The van der Waals surface area contributed by atoms with Gasteiger partial charge in [0.25, 0.3) is 5.91 Å². The van der Waals surface area contributed by atoms with E-state index in [1.54, 1.807) is 13.0 Å². The molecule has 1 amide bonds. The molecule has 7 nitrogen and oxygen atoms in total. The molecule has 13 heteroatoms. The van der Waals surface area contributed by atoms with Gasteiger partial charge in [0.15, 0.2) is 6.61 Å². The Balaban J connectivity index is 1.65. The third-order valence-corrected chi connectivity index (χ3v) is 4.81. The zero-order valence-electron chi connectivity index (χ0n) is 17.4. The third kappa shape index (κ3) is 4.72. The molecule has 34 heavy (non-hydrogen) atoms. The lowest BCUT2D eigenvalue weighted by atomic mass is 10.0. The Bertz CT molecular complexity index is 1280. The molecular formula is C21H15F6N5O2. The molecule has 1 aliphatic rings. The fourth-order valence-electron chi connectivity index (χ4n) is 3.45. The van der Waals surface area contributed by atoms with Crippen LogP contribution in [0.15, 0.2) is 43.5 Å². The Morgan fingerprint density at radius 1 is 1.06 bits per heavy atom. The van der Waals surface area contributed by atoms with Crippen LogP contribution in [-0.2, 0) is 6.54 Å². The number of fused-ring (bicyclic) bond motifs is 1. The number of alkyl halides is 6. The molecule has 0 spiro atoms. The second-order valence-corrected chi connectivity index (χ2v) is 7.46. The van der Waals surface area contributed by atoms with E-state index in [9.17, 15) is 31.1 Å². The number of anilines is 1. The molecule has 178 valence electrons. The number of rotatable bonds is 5. The number of aryl methyl sites for hydroxylation is 1. The van der Waals surface area contributed by atoms with Gasteiger partial charge in [0.1, 0.15) is 18.0 Å². The summed E-state index contributed by atoms with van der Waals surface area (Å²) in [5, 5.41) is 3.65. The summed E-state index contributed by atoms with van der Waals surface area (Å²) >= 11 is 0. The SMILES string of the molecule is C=C1c2nc(-c3cncc(OCC(F)(F)F)c3)cc(C)c2C(=O)N1c1cnn(CC(F)(F)F)c1. The second kappa shape index (κ2) is 8.15. The van der Waals surface area contributed by atoms with E-state index in [1.165, 1.54) is 12.3 Å². The van der Waals surface area contributed by atoms with Gasteiger partial charge in [-0.05, 0) is 24.6 Å². The van der Waals surface area contributed by atoms with Gasteiger partial charge in [0.05, 0.1) is 35.0 Å². The first kappa shape index (κ1) is 23.3. The van der Waals surface area contributed by atoms with Crippen LogP contribution in [0.3, 0.4) is 0 Å². The smallest absolute Gasteiger partial charge is 0.422 e. The normalized spacial score (nSPS) is 14.0. The molecule has 0 fully saturated rings. The van der Waals surface area contributed by atoms with Crippen molar-refractivity contribution in [2.45, 2.75) is 25.8 Å². The van der Waals surface area contributed by atoms with Gasteiger partial charge in [0, 0.05) is 18.0 Å². The first-order valence-electron chi connectivity index (χ1n) is 9.62. The van der Waals surface area contributed by atoms with E-state index < -0.39 is 31.4 Å². The number of carbonyl (C=O) groups excluding carboxylic acids is 1. The molecule has 0 N–H and O–H groups in total. The monoisotopic (exact) mass is 483 g/mol. The van der Waals surface area contributed by atoms with Gasteiger partial charge in [-0.25, -0.2) is 4.98 Å². The number of pyridine rings is 2. The molecule has 0 atom stereocenters. The molecule has 0 aromatic carbocycles. The minimum atomic E-state index is -4.52. The zero-order valence-corrected chi connectivity index (χ0v) is 17.4. The lowest BCUT2D eigenvalue weighted by molar-refractivity contribution is -0.153. The Morgan fingerprint density at radius 2 is 1.79 bits per heavy atom. The van der Waals surface area contributed by atoms with Gasteiger partial charge in [-0.3, -0.25) is 19.4 Å². The molecule has 0 radical (unpaired) electrons. The lowest BCUT2D eigenvalue weighted by Gasteiger charge is -2.14. The Kier molecular flexibility index (Phi) is 5.58. The van der Waals surface area contributed by atoms with Gasteiger partial charge < -0.3 is 4.74 Å². The maximum atomic E-state index is 13.0. The number of aromatic nitrogens is 4. The summed E-state index contributed by atoms with van der Waals surface area (Å²) in [6.07, 6.45) is -4.33. The molecule has 3 aromatic heterocycles. The largest absolute Gasteiger partial charge is 0.482 e. The maximum absolute atomic E-state index is 13.0. The van der Waals surface area contributed by atoms with E-state index in [4.69, 9.17) is 4.74 Å². The predicted molar refractivity (Wildman–Crippen MR) is 108 cm³/mol. The molecule has 1 aliphatic heterocycles. The number of ether oxygens (including phenoxy) is 1. The molecule has 3 aromatic rings. The first-order valence-corrected chi connectivity index (χ1v) is 9.62. The molecule has 4 heterocycles. The molecule has 0 saturated carbocycles. The van der Waals surface area contributed by atoms with E-state index in [0.29, 0.717) is 21.5 Å². The third-order valence-electron chi connectivity index (χ3n) is 4.81. The Morgan fingerprint density at radius 3 is 2.47 bits per heavy atom. The molecule has 4 rings (SSSR count). The van der Waals surface area contributed by atoms with Crippen LogP contribution in [0.4, 0.5) is 32.0 Å². The molecule has 0 aliphatic carbocycles. The van der Waals surface area contributed by atoms with Gasteiger partial charge >= 0.3 is 12.4 Å². The highest BCUT2D eigenvalue weighted by atomic mass is 19.4. The summed E-state index contributed by atoms with van der Waals surface area (Å²) in [7, 11) is 0. The number of halogens is 6. The van der Waals surface area contributed by atoms with Gasteiger partial charge in [-0.2, -0.15) is 31.4 Å². The van der Waals surface area contributed by atoms with Gasteiger partial charge in [-0.1, -0.05) is 6.58 Å². The van der Waals surface area contributed by atoms with E-state index in [2.05, 4.69) is 21.6 Å². The number of amides is 1. The van der Waals surface area contributed by atoms with E-state index in [-0.39, 0.29) is 28.4 Å². The van der Waals surface area contributed by atoms with Crippen LogP contribution in [0, 0.1) is 6.92 Å². The Hall–Kier alpha value is -3.90. The molecule has 0 saturated heterocycles. The number of carbonyl (C=O) groups is 1. The predicted octanol–water partition coefficient (Wildman–Crippen LogP) is 4.78. The summed E-state index contributed by atoms with van der Waals surface area (Å²) in [5.74, 6) is -0.660. The summed E-state index contributed by atoms with van der Waals surface area (Å²) < 4.78 is 80.7. The minimum absolute atomic E-state index is 0.0856. The van der Waals surface area contributed by atoms with Gasteiger partial charge in [0.2, 0.25) is 0 Å². The van der Waals surface area contributed by atoms with Crippen molar-refractivity contribution in [3.63, 3.8) is 0 Å². The average Bonchev–Trinajstić information content (AvgIpc) is 3.27. The van der Waals surface area contributed by atoms with Crippen LogP contribution >= 0.6 is 0 Å². The van der Waals surface area contributed by atoms with Crippen molar-refractivity contribution in [1.29, 1.82) is 0 Å². The first-order chi connectivity index (χ1) is 15.8. The fraction of sp³-hybridized carbons (Fsp3) is 0.238. The van der Waals surface area contributed by atoms with Crippen molar-refractivity contribution in [2.75, 3.05) is 11.5 Å². The van der Waals surface area contributed by atoms with Gasteiger partial charge in [-0.15, -0.1) is 0 Å². The van der Waals surface area contributed by atoms with Crippen molar-refractivity contribution in [3.05, 3.63) is 60.3 Å². The van der Waals surface area contributed by atoms with Crippen molar-refractivity contribution in [1.82, 2.24) is 19.7 Å². The number of hydrogen-bond acceptors (Lipinski definition) is 5. The lowest BCUT2D eigenvalue weighted by Crippen LogP contribution is -2.22. The summed E-state index contributed by atoms with van der Waals surface area (Å²) in [6.45, 7) is 2.67. The van der Waals surface area contributed by atoms with Crippen LogP contribution in [-0.4, -0.2) is 44.6 Å². The van der Waals surface area contributed by atoms with Crippen molar-refractivity contribution < 1.29 is 35.9 Å². The van der Waals surface area contributed by atoms with Crippen LogP contribution in [0.2, 0.25) is 0 Å². The van der Waals surface area contributed by atoms with Crippen LogP contribution in [0.5, 0.6) is 5.75 Å². The number of hydrogen-bond donors (Lipinski definition) is 0. The summed E-state index contributed by atoms with van der Waals surface area (Å²) in [4.78, 5) is 22.4. The highest BCUT2D eigenvalue weighted by Crippen LogP contribution is 2.38. The van der Waals surface area contributed by atoms with E-state index >= 15 is 0 Å². The molecular weight excluding hydrogens is 468 g/mol. The second-order valence-electron chi connectivity index (χ2n) is 7.46. The van der Waals surface area contributed by atoms with E-state index in [0.717, 1.165) is 23.5 Å². The zero-order chi connectivity index (χ0) is 24.8. The summed E-state index contributed by atoms with van der Waals surface area (Å²) in [5.41, 5.74) is 1.71. The average molecular weight is 483 g/mol. The molecule has 0 bridgehead atoms. The standard InChI is InChI=1S/C21H15F6N5O2/c1-11-3-16(13-4-15(7-28-5-13)34-10-21(25,26)27)30-18-12(2)32(19(33)17(11)18)14-6-29-31(8-14)9-20(22,23)24/h3-8H,2,9-10H2,1H3. The summed E-state index contributed by atoms with van der Waals surface area (Å²) in [6, 6.07) is 2.87. The fourth-order valence-corrected chi connectivity index (χ4v) is 3.45. The number of nitrogens with zero attached hydrogens (tertiary/aromatic N) is 5. The van der Waals surface area contributed by atoms with E-state index in [1.807, 2.05) is 0 Å². The van der Waals surface area contributed by atoms with Crippen molar-refractivity contribution in [2.24, 2.45) is 0 Å². The van der Waals surface area contributed by atoms with Crippen LogP contribution in [0.25, 0.3) is 17.0 Å². The van der Waals surface area contributed by atoms with Crippen LogP contribution < -0.4 is 9.64 Å². The van der Waals surface area contributed by atoms with Crippen LogP contribution in [0.1, 0.15) is 21.6 Å².